The zero-order valence-electron chi connectivity index (χ0n) is 19.8. The summed E-state index contributed by atoms with van der Waals surface area (Å²) in [6.07, 6.45) is 3.05. The second-order valence-electron chi connectivity index (χ2n) is 8.21. The summed E-state index contributed by atoms with van der Waals surface area (Å²) in [6, 6.07) is 9.21. The molecule has 1 unspecified atom stereocenters. The Morgan fingerprint density at radius 3 is 2.81 bits per heavy atom. The molecule has 1 N–H and O–H groups in total. The molecule has 1 atom stereocenters. The van der Waals surface area contributed by atoms with Gasteiger partial charge in [0.05, 0.1) is 11.7 Å². The standard InChI is InChI=1S/C24H23N5O6S2/c1-14-18-21(36-19(14)23(32)35-11-10-33-15-6-3-2-4-7-15)25-13-29(22(18)31)12-17(30)26-24-28-27-20(37-24)16-8-5-9-34-16/h2-4,6-7,13,16H,5,8-12H2,1H3,(H,26,28,30). The molecule has 0 bridgehead atoms. The van der Waals surface area contributed by atoms with Gasteiger partial charge in [0.25, 0.3) is 5.56 Å². The van der Waals surface area contributed by atoms with Crippen molar-refractivity contribution in [2.75, 3.05) is 25.1 Å². The smallest absolute Gasteiger partial charge is 0.348 e. The zero-order chi connectivity index (χ0) is 25.8. The molecule has 3 aromatic heterocycles. The molecule has 11 nitrogen and oxygen atoms in total. The number of carbonyl (C=O) groups excluding carboxylic acids is 2. The number of para-hydroxylation sites is 1. The number of rotatable bonds is 9. The van der Waals surface area contributed by atoms with E-state index in [2.05, 4.69) is 20.5 Å². The number of nitrogens with one attached hydrogen (secondary N) is 1. The predicted octanol–water partition coefficient (Wildman–Crippen LogP) is 3.34. The summed E-state index contributed by atoms with van der Waals surface area (Å²) < 4.78 is 17.6. The van der Waals surface area contributed by atoms with E-state index in [0.717, 1.165) is 24.2 Å². The van der Waals surface area contributed by atoms with Gasteiger partial charge in [-0.3, -0.25) is 19.5 Å². The van der Waals surface area contributed by atoms with Crippen LogP contribution in [0.2, 0.25) is 0 Å². The van der Waals surface area contributed by atoms with Crippen LogP contribution in [0.15, 0.2) is 41.5 Å². The number of nitrogens with zero attached hydrogens (tertiary/aromatic N) is 4. The third kappa shape index (κ3) is 5.68. The normalized spacial score (nSPS) is 15.1. The van der Waals surface area contributed by atoms with Crippen molar-refractivity contribution in [1.82, 2.24) is 19.7 Å². The lowest BCUT2D eigenvalue weighted by atomic mass is 10.2. The van der Waals surface area contributed by atoms with Crippen LogP contribution in [0.25, 0.3) is 10.2 Å². The molecule has 1 amide bonds. The van der Waals surface area contributed by atoms with Crippen LogP contribution in [0.4, 0.5) is 5.13 Å². The molecule has 13 heteroatoms. The van der Waals surface area contributed by atoms with Crippen LogP contribution in [0.1, 0.15) is 39.2 Å². The first-order valence-corrected chi connectivity index (χ1v) is 13.2. The van der Waals surface area contributed by atoms with Gasteiger partial charge in [-0.2, -0.15) is 0 Å². The summed E-state index contributed by atoms with van der Waals surface area (Å²) in [7, 11) is 0. The fourth-order valence-electron chi connectivity index (χ4n) is 3.84. The average Bonchev–Trinajstić information content (AvgIpc) is 3.65. The number of carbonyl (C=O) groups is 2. The Labute approximate surface area is 219 Å². The highest BCUT2D eigenvalue weighted by Crippen LogP contribution is 2.32. The predicted molar refractivity (Wildman–Crippen MR) is 137 cm³/mol. The number of fused-ring (bicyclic) bond motifs is 1. The van der Waals surface area contributed by atoms with E-state index in [0.29, 0.717) is 32.9 Å². The van der Waals surface area contributed by atoms with Crippen LogP contribution in [0.5, 0.6) is 5.75 Å². The Morgan fingerprint density at radius 1 is 1.19 bits per heavy atom. The van der Waals surface area contributed by atoms with E-state index in [-0.39, 0.29) is 36.1 Å². The number of thiophene rings is 1. The van der Waals surface area contributed by atoms with Crippen molar-refractivity contribution in [3.63, 3.8) is 0 Å². The topological polar surface area (TPSA) is 135 Å². The van der Waals surface area contributed by atoms with Gasteiger partial charge in [-0.05, 0) is 37.5 Å². The highest BCUT2D eigenvalue weighted by Gasteiger charge is 2.23. The third-order valence-corrected chi connectivity index (χ3v) is 7.75. The van der Waals surface area contributed by atoms with Gasteiger partial charge in [-0.15, -0.1) is 21.5 Å². The molecule has 1 aromatic carbocycles. The van der Waals surface area contributed by atoms with Crippen molar-refractivity contribution in [3.05, 3.63) is 62.5 Å². The van der Waals surface area contributed by atoms with E-state index in [1.807, 2.05) is 30.3 Å². The van der Waals surface area contributed by atoms with E-state index in [9.17, 15) is 14.4 Å². The van der Waals surface area contributed by atoms with Gasteiger partial charge in [0, 0.05) is 6.61 Å². The van der Waals surface area contributed by atoms with Crippen LogP contribution in [-0.2, 0) is 20.8 Å². The lowest BCUT2D eigenvalue weighted by Gasteiger charge is -2.07. The lowest BCUT2D eigenvalue weighted by molar-refractivity contribution is -0.116. The molecule has 1 saturated heterocycles. The maximum Gasteiger partial charge on any atom is 0.348 e. The van der Waals surface area contributed by atoms with Crippen molar-refractivity contribution < 1.29 is 23.8 Å². The largest absolute Gasteiger partial charge is 0.490 e. The summed E-state index contributed by atoms with van der Waals surface area (Å²) in [5, 5.41) is 12.1. The van der Waals surface area contributed by atoms with Crippen LogP contribution in [0, 0.1) is 6.92 Å². The molecule has 1 aliphatic heterocycles. The van der Waals surface area contributed by atoms with Crippen LogP contribution < -0.4 is 15.6 Å². The Bertz CT molecular complexity index is 1480. The third-order valence-electron chi connectivity index (χ3n) is 5.64. The number of ether oxygens (including phenoxy) is 3. The molecule has 4 heterocycles. The average molecular weight is 542 g/mol. The van der Waals surface area contributed by atoms with Crippen molar-refractivity contribution in [2.45, 2.75) is 32.4 Å². The van der Waals surface area contributed by atoms with Gasteiger partial charge in [-0.25, -0.2) is 9.78 Å². The highest BCUT2D eigenvalue weighted by atomic mass is 32.1. The van der Waals surface area contributed by atoms with Gasteiger partial charge in [0.1, 0.15) is 46.3 Å². The number of aromatic nitrogens is 4. The summed E-state index contributed by atoms with van der Waals surface area (Å²) in [6.45, 7) is 2.34. The second-order valence-corrected chi connectivity index (χ2v) is 10.2. The Hall–Kier alpha value is -3.68. The Kier molecular flexibility index (Phi) is 7.53. The zero-order valence-corrected chi connectivity index (χ0v) is 21.5. The summed E-state index contributed by atoms with van der Waals surface area (Å²) in [4.78, 5) is 43.3. The van der Waals surface area contributed by atoms with Crippen molar-refractivity contribution in [2.24, 2.45) is 0 Å². The van der Waals surface area contributed by atoms with Crippen molar-refractivity contribution >= 4 is 49.9 Å². The second kappa shape index (κ2) is 11.2. The SMILES string of the molecule is Cc1c(C(=O)OCCOc2ccccc2)sc2ncn(CC(=O)Nc3nnc(C4CCCO4)s3)c(=O)c12. The molecule has 192 valence electrons. The molecular weight excluding hydrogens is 518 g/mol. The van der Waals surface area contributed by atoms with Gasteiger partial charge >= 0.3 is 5.97 Å². The van der Waals surface area contributed by atoms with Gasteiger partial charge in [-0.1, -0.05) is 29.5 Å². The molecule has 0 aliphatic carbocycles. The van der Waals surface area contributed by atoms with Crippen LogP contribution in [0.3, 0.4) is 0 Å². The van der Waals surface area contributed by atoms with Gasteiger partial charge < -0.3 is 14.2 Å². The fraction of sp³-hybridized carbons (Fsp3) is 0.333. The number of amides is 1. The minimum Gasteiger partial charge on any atom is -0.490 e. The van der Waals surface area contributed by atoms with Crippen molar-refractivity contribution in [3.8, 4) is 5.75 Å². The Balaban J connectivity index is 1.22. The minimum atomic E-state index is -0.556. The van der Waals surface area contributed by atoms with E-state index in [1.165, 1.54) is 22.2 Å². The monoisotopic (exact) mass is 541 g/mol. The van der Waals surface area contributed by atoms with Crippen LogP contribution >= 0.6 is 22.7 Å². The first-order valence-electron chi connectivity index (χ1n) is 11.6. The summed E-state index contributed by atoms with van der Waals surface area (Å²) >= 11 is 2.33. The van der Waals surface area contributed by atoms with E-state index in [4.69, 9.17) is 14.2 Å². The molecular formula is C24H23N5O6S2. The number of esters is 1. The number of hydrogen-bond acceptors (Lipinski definition) is 11. The summed E-state index contributed by atoms with van der Waals surface area (Å²) in [5.74, 6) is -0.317. The number of benzene rings is 1. The molecule has 5 rings (SSSR count). The van der Waals surface area contributed by atoms with E-state index < -0.39 is 17.4 Å². The molecule has 0 radical (unpaired) electrons. The number of anilines is 1. The quantitative estimate of drug-likeness (QED) is 0.250. The van der Waals surface area contributed by atoms with Gasteiger partial charge in [0.15, 0.2) is 0 Å². The highest BCUT2D eigenvalue weighted by molar-refractivity contribution is 7.20. The summed E-state index contributed by atoms with van der Waals surface area (Å²) in [5.41, 5.74) is 0.0456. The molecule has 1 aliphatic rings. The Morgan fingerprint density at radius 2 is 2.03 bits per heavy atom. The minimum absolute atomic E-state index is 0.0550. The van der Waals surface area contributed by atoms with Gasteiger partial charge in [0.2, 0.25) is 11.0 Å². The number of hydrogen-bond donors (Lipinski definition) is 1. The van der Waals surface area contributed by atoms with E-state index >= 15 is 0 Å². The lowest BCUT2D eigenvalue weighted by Crippen LogP contribution is -2.27. The maximum absolute atomic E-state index is 13.1. The molecule has 0 spiro atoms. The molecule has 1 fully saturated rings. The molecule has 4 aromatic rings. The van der Waals surface area contributed by atoms with Crippen molar-refractivity contribution in [1.29, 1.82) is 0 Å². The van der Waals surface area contributed by atoms with Crippen LogP contribution in [-0.4, -0.2) is 51.4 Å². The number of aryl methyl sites for hydroxylation is 1. The molecule has 37 heavy (non-hydrogen) atoms. The van der Waals surface area contributed by atoms with E-state index in [1.54, 1.807) is 6.92 Å². The molecule has 0 saturated carbocycles. The first-order chi connectivity index (χ1) is 18.0. The maximum atomic E-state index is 13.1. The fourth-order valence-corrected chi connectivity index (χ4v) is 5.72. The first kappa shape index (κ1) is 25.0.